The summed E-state index contributed by atoms with van der Waals surface area (Å²) in [6, 6.07) is -1.38. The summed E-state index contributed by atoms with van der Waals surface area (Å²) in [5, 5.41) is 101. The van der Waals surface area contributed by atoms with Crippen molar-refractivity contribution in [3.8, 4) is 0 Å². The van der Waals surface area contributed by atoms with Gasteiger partial charge in [0, 0.05) is 102 Å². The zero-order valence-corrected chi connectivity index (χ0v) is 51.9. The fraction of sp³-hybridized carbons (Fsp3) is 0.864. The Hall–Kier alpha value is -4.12. The van der Waals surface area contributed by atoms with Gasteiger partial charge < -0.3 is 100 Å². The predicted molar refractivity (Wildman–Crippen MR) is 311 cm³/mol. The van der Waals surface area contributed by atoms with Gasteiger partial charge in [-0.1, -0.05) is 34.6 Å². The Morgan fingerprint density at radius 2 is 0.818 bits per heavy atom. The molecule has 4 amide bonds. The average molecular weight is 1270 g/mol. The minimum Gasteiger partial charge on any atom is -0.394 e. The third-order valence-corrected chi connectivity index (χ3v) is 15.7. The van der Waals surface area contributed by atoms with E-state index in [4.69, 9.17) is 33.2 Å². The number of aliphatic hydroxyl groups is 9. The molecule has 7 unspecified atom stereocenters. The number of hydrogen-bond acceptors (Lipinski definition) is 25. The van der Waals surface area contributed by atoms with Crippen molar-refractivity contribution in [3.05, 3.63) is 0 Å². The molecule has 3 aliphatic rings. The first-order valence-electron chi connectivity index (χ1n) is 31.1. The van der Waals surface area contributed by atoms with Crippen LogP contribution in [0.2, 0.25) is 0 Å². The molecule has 3 heterocycles. The molecule has 0 bridgehead atoms. The molecule has 0 aromatic heterocycles. The van der Waals surface area contributed by atoms with E-state index in [-0.39, 0.29) is 134 Å². The molecule has 16 atom stereocenters. The van der Waals surface area contributed by atoms with E-state index in [0.717, 1.165) is 6.42 Å². The van der Waals surface area contributed by atoms with Crippen LogP contribution in [0.15, 0.2) is 0 Å². The molecule has 3 fully saturated rings. The number of aliphatic hydroxyl groups excluding tert-OH is 9. The number of ketones is 4. The van der Waals surface area contributed by atoms with Crippen LogP contribution >= 0.6 is 0 Å². The molecule has 0 aromatic rings. The monoisotopic (exact) mass is 1270 g/mol. The van der Waals surface area contributed by atoms with Crippen LogP contribution in [0.5, 0.6) is 0 Å². The van der Waals surface area contributed by atoms with Gasteiger partial charge in [0.25, 0.3) is 0 Å². The van der Waals surface area contributed by atoms with Crippen LogP contribution in [0, 0.1) is 23.7 Å². The zero-order chi connectivity index (χ0) is 65.3. The van der Waals surface area contributed by atoms with Crippen molar-refractivity contribution in [1.29, 1.82) is 0 Å². The van der Waals surface area contributed by atoms with E-state index in [1.165, 1.54) is 4.90 Å². The van der Waals surface area contributed by atoms with E-state index in [0.29, 0.717) is 25.6 Å². The molecule has 0 saturated carbocycles. The van der Waals surface area contributed by atoms with Crippen LogP contribution in [0.1, 0.15) is 131 Å². The van der Waals surface area contributed by atoms with Crippen LogP contribution < -0.4 is 21.3 Å². The number of carbonyl (C=O) groups excluding carboxylic acids is 8. The second-order valence-electron chi connectivity index (χ2n) is 23.5. The van der Waals surface area contributed by atoms with Gasteiger partial charge in [-0.05, 0) is 50.9 Å². The SMILES string of the molecule is CC(C)CCOCCCC(=O)CCCC(=O)CCC(C(=O)NCC(=O)NCCCO[C@@H]1OC(CO)[C@H](O)[C@H](O)C1C)N(CC(=O)CCC(=O)NCCCO[C@@H]1OC(CO)[C@H](O)[C@H](O)C1C)CC(=O)CCC(=O)NCCCO[C@@H]1OC(CO)[C@H](O)[C@H](O)C1C. The highest BCUT2D eigenvalue weighted by atomic mass is 16.7. The van der Waals surface area contributed by atoms with E-state index in [1.54, 1.807) is 20.8 Å². The summed E-state index contributed by atoms with van der Waals surface area (Å²) >= 11 is 0. The van der Waals surface area contributed by atoms with E-state index in [2.05, 4.69) is 35.1 Å². The Labute approximate surface area is 515 Å². The van der Waals surface area contributed by atoms with Crippen molar-refractivity contribution in [2.24, 2.45) is 23.7 Å². The maximum absolute atomic E-state index is 14.2. The van der Waals surface area contributed by atoms with Gasteiger partial charge in [0.05, 0.1) is 83.6 Å². The van der Waals surface area contributed by atoms with Crippen LogP contribution in [0.4, 0.5) is 0 Å². The number of nitrogens with one attached hydrogen (secondary N) is 4. The summed E-state index contributed by atoms with van der Waals surface area (Å²) in [5.41, 5.74) is 0. The van der Waals surface area contributed by atoms with Crippen molar-refractivity contribution in [1.82, 2.24) is 26.2 Å². The van der Waals surface area contributed by atoms with E-state index in [9.17, 15) is 84.3 Å². The lowest BCUT2D eigenvalue weighted by Crippen LogP contribution is -2.55. The second kappa shape index (κ2) is 42.8. The van der Waals surface area contributed by atoms with Crippen molar-refractivity contribution in [3.63, 3.8) is 0 Å². The molecule has 0 radical (unpaired) electrons. The summed E-state index contributed by atoms with van der Waals surface area (Å²) in [4.78, 5) is 108. The zero-order valence-electron chi connectivity index (χ0n) is 51.9. The molecule has 3 rings (SSSR count). The van der Waals surface area contributed by atoms with Gasteiger partial charge in [0.1, 0.15) is 59.8 Å². The van der Waals surface area contributed by atoms with Crippen molar-refractivity contribution in [2.45, 2.75) is 211 Å². The van der Waals surface area contributed by atoms with Crippen molar-refractivity contribution < 1.29 is 117 Å². The summed E-state index contributed by atoms with van der Waals surface area (Å²) in [6.45, 7) is 7.12. The first kappa shape index (κ1) is 78.1. The normalized spacial score (nSPS) is 27.6. The maximum atomic E-state index is 14.2. The van der Waals surface area contributed by atoms with Gasteiger partial charge in [0.2, 0.25) is 23.6 Å². The minimum atomic E-state index is -1.38. The Morgan fingerprint density at radius 3 is 1.22 bits per heavy atom. The van der Waals surface area contributed by atoms with Crippen LogP contribution in [-0.4, -0.2) is 270 Å². The second-order valence-corrected chi connectivity index (χ2v) is 23.5. The van der Waals surface area contributed by atoms with E-state index in [1.807, 2.05) is 0 Å². The number of nitrogens with zero attached hydrogens (tertiary/aromatic N) is 1. The van der Waals surface area contributed by atoms with Gasteiger partial charge >= 0.3 is 0 Å². The molecule has 3 aliphatic heterocycles. The highest BCUT2D eigenvalue weighted by Crippen LogP contribution is 2.29. The Kier molecular flexibility index (Phi) is 38.0. The van der Waals surface area contributed by atoms with Crippen LogP contribution in [-0.2, 0) is 71.5 Å². The lowest BCUT2D eigenvalue weighted by Gasteiger charge is -2.40. The molecular weight excluding hydrogens is 1160 g/mol. The highest BCUT2D eigenvalue weighted by Gasteiger charge is 2.45. The first-order valence-corrected chi connectivity index (χ1v) is 31.1. The fourth-order valence-electron chi connectivity index (χ4n) is 9.95. The summed E-state index contributed by atoms with van der Waals surface area (Å²) in [6.07, 6.45) is -12.4. The maximum Gasteiger partial charge on any atom is 0.239 e. The number of rotatable bonds is 46. The molecule has 0 aromatic carbocycles. The van der Waals surface area contributed by atoms with Crippen LogP contribution in [0.3, 0.4) is 0 Å². The van der Waals surface area contributed by atoms with Gasteiger partial charge in [-0.3, -0.25) is 43.3 Å². The standard InChI is InChI=1S/C59H103N5O24/c1-35(2)20-28-82-24-7-13-39(68)11-6-12-40(69)14-17-43(56(81)63-29-49(74)62-23-10-27-85-59-38(5)52(77)55(80)46(34-67)88-59)64(30-41(70)15-18-47(72)60-21-8-25-83-57-36(3)50(75)53(78)44(32-65)86-57)31-42(71)16-19-48(73)61-22-9-26-84-58-37(4)51(76)54(79)45(33-66)87-58/h35-38,43-46,50-55,57-59,65-67,75-80H,6-34H2,1-5H3,(H,60,72)(H,61,73)(H,62,74)(H,63,81)/t36?,37?,38?,43?,44?,45?,46?,50-,51-,52-,53+,54+,55+,57-,58-,59-/m1/s1. The largest absolute Gasteiger partial charge is 0.394 e. The fourth-order valence-corrected chi connectivity index (χ4v) is 9.95. The summed E-state index contributed by atoms with van der Waals surface area (Å²) < 4.78 is 39.4. The molecular formula is C59H103N5O24. The predicted octanol–water partition coefficient (Wildman–Crippen LogP) is -2.80. The number of carbonyl (C=O) groups is 8. The lowest BCUT2D eigenvalue weighted by molar-refractivity contribution is -0.282. The average Bonchev–Trinajstić information content (AvgIpc) is 2.41. The quantitative estimate of drug-likeness (QED) is 0.0274. The molecule has 29 nitrogen and oxygen atoms in total. The molecule has 29 heteroatoms. The molecule has 88 heavy (non-hydrogen) atoms. The summed E-state index contributed by atoms with van der Waals surface area (Å²) in [7, 11) is 0. The number of hydrogen-bond donors (Lipinski definition) is 13. The minimum absolute atomic E-state index is 0.0103. The molecule has 13 N–H and O–H groups in total. The lowest BCUT2D eigenvalue weighted by atomic mass is 9.92. The third kappa shape index (κ3) is 28.6. The Balaban J connectivity index is 1.68. The smallest absolute Gasteiger partial charge is 0.239 e. The molecule has 3 saturated heterocycles. The Bertz CT molecular complexity index is 2010. The highest BCUT2D eigenvalue weighted by molar-refractivity contribution is 5.92. The van der Waals surface area contributed by atoms with Crippen molar-refractivity contribution >= 4 is 46.8 Å². The van der Waals surface area contributed by atoms with E-state index >= 15 is 0 Å². The molecule has 0 aliphatic carbocycles. The van der Waals surface area contributed by atoms with Crippen LogP contribution in [0.25, 0.3) is 0 Å². The number of Topliss-reactive ketones (excluding diaryl/α,β-unsaturated/α-hetero) is 4. The summed E-state index contributed by atoms with van der Waals surface area (Å²) in [5.74, 6) is -5.39. The van der Waals surface area contributed by atoms with Gasteiger partial charge in [0.15, 0.2) is 18.9 Å². The van der Waals surface area contributed by atoms with Gasteiger partial charge in [-0.25, -0.2) is 0 Å². The molecule has 508 valence electrons. The topological polar surface area (TPSA) is 435 Å². The first-order chi connectivity index (χ1) is 41.9. The van der Waals surface area contributed by atoms with E-state index < -0.39 is 172 Å². The van der Waals surface area contributed by atoms with Crippen molar-refractivity contribution in [2.75, 3.05) is 92.1 Å². The number of amides is 4. The van der Waals surface area contributed by atoms with Gasteiger partial charge in [-0.15, -0.1) is 0 Å². The number of ether oxygens (including phenoxy) is 7. The van der Waals surface area contributed by atoms with Gasteiger partial charge in [-0.2, -0.15) is 0 Å². The molecule has 0 spiro atoms. The third-order valence-electron chi connectivity index (χ3n) is 15.7. The Morgan fingerprint density at radius 1 is 0.432 bits per heavy atom.